The second-order valence-corrected chi connectivity index (χ2v) is 5.17. The number of rotatable bonds is 2. The zero-order valence-corrected chi connectivity index (χ0v) is 11.9. The first-order valence-corrected chi connectivity index (χ1v) is 6.02. The molecule has 0 saturated carbocycles. The van der Waals surface area contributed by atoms with Crippen LogP contribution in [0.4, 0.5) is 5.69 Å². The molecule has 6 heteroatoms. The molecule has 6 nitrogen and oxygen atoms in total. The third-order valence-corrected chi connectivity index (χ3v) is 2.25. The molecule has 110 valence electrons. The predicted molar refractivity (Wildman–Crippen MR) is 75.8 cm³/mol. The molecule has 0 aliphatic heterocycles. The van der Waals surface area contributed by atoms with Crippen molar-refractivity contribution in [3.05, 3.63) is 29.3 Å². The largest absolute Gasteiger partial charge is 0.478 e. The standard InChI is InChI=1S/C15H15NO5/c1-5-9-6-7-11(10(8-9)13(18)19)16-12(17)14(20)21-15(2,3)4/h1,6-8H,2-4H3,(H,16,17)(H,18,19). The van der Waals surface area contributed by atoms with Crippen LogP contribution in [-0.4, -0.2) is 28.6 Å². The van der Waals surface area contributed by atoms with E-state index in [4.69, 9.17) is 16.3 Å². The van der Waals surface area contributed by atoms with Crippen molar-refractivity contribution in [3.8, 4) is 12.3 Å². The number of hydrogen-bond donors (Lipinski definition) is 2. The normalized spacial score (nSPS) is 10.4. The zero-order chi connectivity index (χ0) is 16.2. The molecule has 0 fully saturated rings. The quantitative estimate of drug-likeness (QED) is 0.490. The first kappa shape index (κ1) is 16.2. The Morgan fingerprint density at radius 1 is 1.29 bits per heavy atom. The van der Waals surface area contributed by atoms with Crippen LogP contribution in [0.3, 0.4) is 0 Å². The minimum Gasteiger partial charge on any atom is -0.478 e. The maximum atomic E-state index is 11.7. The molecule has 0 aromatic heterocycles. The first-order valence-electron chi connectivity index (χ1n) is 6.02. The number of carboxylic acid groups (broad SMARTS) is 1. The molecule has 0 heterocycles. The highest BCUT2D eigenvalue weighted by molar-refractivity contribution is 6.37. The molecule has 0 unspecified atom stereocenters. The third-order valence-electron chi connectivity index (χ3n) is 2.25. The van der Waals surface area contributed by atoms with Crippen LogP contribution in [0.25, 0.3) is 0 Å². The summed E-state index contributed by atoms with van der Waals surface area (Å²) in [7, 11) is 0. The van der Waals surface area contributed by atoms with Crippen molar-refractivity contribution in [1.82, 2.24) is 0 Å². The lowest BCUT2D eigenvalue weighted by atomic mass is 10.1. The minimum atomic E-state index is -1.27. The van der Waals surface area contributed by atoms with Gasteiger partial charge in [0.1, 0.15) is 5.60 Å². The average molecular weight is 289 g/mol. The molecular formula is C15H15NO5. The van der Waals surface area contributed by atoms with Gasteiger partial charge in [0.25, 0.3) is 0 Å². The molecule has 1 aromatic carbocycles. The number of benzene rings is 1. The Morgan fingerprint density at radius 3 is 2.38 bits per heavy atom. The fourth-order valence-electron chi connectivity index (χ4n) is 1.42. The van der Waals surface area contributed by atoms with E-state index in [1.807, 2.05) is 0 Å². The van der Waals surface area contributed by atoms with Crippen molar-refractivity contribution < 1.29 is 24.2 Å². The fourth-order valence-corrected chi connectivity index (χ4v) is 1.42. The van der Waals surface area contributed by atoms with Gasteiger partial charge in [-0.1, -0.05) is 5.92 Å². The van der Waals surface area contributed by atoms with Crippen molar-refractivity contribution in [3.63, 3.8) is 0 Å². The van der Waals surface area contributed by atoms with Crippen LogP contribution in [0.5, 0.6) is 0 Å². The molecule has 0 saturated heterocycles. The summed E-state index contributed by atoms with van der Waals surface area (Å²) in [6.45, 7) is 4.84. The van der Waals surface area contributed by atoms with Crippen LogP contribution in [0, 0.1) is 12.3 Å². The fraction of sp³-hybridized carbons (Fsp3) is 0.267. The van der Waals surface area contributed by atoms with E-state index in [-0.39, 0.29) is 11.3 Å². The highest BCUT2D eigenvalue weighted by Crippen LogP contribution is 2.18. The van der Waals surface area contributed by atoms with E-state index in [1.54, 1.807) is 20.8 Å². The van der Waals surface area contributed by atoms with Gasteiger partial charge in [-0.2, -0.15) is 0 Å². The van der Waals surface area contributed by atoms with Gasteiger partial charge in [0.15, 0.2) is 0 Å². The van der Waals surface area contributed by atoms with Gasteiger partial charge in [0.05, 0.1) is 11.3 Å². The van der Waals surface area contributed by atoms with Crippen molar-refractivity contribution in [2.24, 2.45) is 0 Å². The van der Waals surface area contributed by atoms with E-state index in [0.29, 0.717) is 5.56 Å². The van der Waals surface area contributed by atoms with Gasteiger partial charge < -0.3 is 15.2 Å². The van der Waals surface area contributed by atoms with E-state index < -0.39 is 23.4 Å². The summed E-state index contributed by atoms with van der Waals surface area (Å²) in [6, 6.07) is 4.01. The maximum Gasteiger partial charge on any atom is 0.397 e. The second-order valence-electron chi connectivity index (χ2n) is 5.17. The predicted octanol–water partition coefficient (Wildman–Crippen LogP) is 1.65. The van der Waals surface area contributed by atoms with E-state index in [9.17, 15) is 14.4 Å². The molecule has 1 rings (SSSR count). The van der Waals surface area contributed by atoms with Crippen molar-refractivity contribution in [1.29, 1.82) is 0 Å². The molecular weight excluding hydrogens is 274 g/mol. The summed E-state index contributed by atoms with van der Waals surface area (Å²) in [4.78, 5) is 34.4. The topological polar surface area (TPSA) is 92.7 Å². The van der Waals surface area contributed by atoms with E-state index in [1.165, 1.54) is 18.2 Å². The Hall–Kier alpha value is -2.81. The summed E-state index contributed by atoms with van der Waals surface area (Å²) in [5.74, 6) is -1.13. The van der Waals surface area contributed by atoms with Gasteiger partial charge >= 0.3 is 17.8 Å². The van der Waals surface area contributed by atoms with Crippen molar-refractivity contribution in [2.75, 3.05) is 5.32 Å². The SMILES string of the molecule is C#Cc1ccc(NC(=O)C(=O)OC(C)(C)C)c(C(=O)O)c1. The number of terminal acetylenes is 1. The summed E-state index contributed by atoms with van der Waals surface area (Å²) in [5.41, 5.74) is -0.709. The molecule has 0 aliphatic carbocycles. The van der Waals surface area contributed by atoms with Crippen molar-refractivity contribution >= 4 is 23.5 Å². The Bertz CT molecular complexity index is 634. The van der Waals surface area contributed by atoms with Gasteiger partial charge in [-0.25, -0.2) is 9.59 Å². The summed E-state index contributed by atoms with van der Waals surface area (Å²) >= 11 is 0. The van der Waals surface area contributed by atoms with Gasteiger partial charge in [-0.3, -0.25) is 4.79 Å². The number of amides is 1. The molecule has 0 aliphatic rings. The Kier molecular flexibility index (Phi) is 4.71. The van der Waals surface area contributed by atoms with E-state index in [2.05, 4.69) is 11.2 Å². The number of nitrogens with one attached hydrogen (secondary N) is 1. The number of aromatic carboxylic acids is 1. The molecule has 0 atom stereocenters. The molecule has 2 N–H and O–H groups in total. The van der Waals surface area contributed by atoms with Crippen LogP contribution in [-0.2, 0) is 14.3 Å². The Morgan fingerprint density at radius 2 is 1.90 bits per heavy atom. The van der Waals surface area contributed by atoms with Gasteiger partial charge in [-0.05, 0) is 39.0 Å². The van der Waals surface area contributed by atoms with Gasteiger partial charge in [0.2, 0.25) is 0 Å². The number of esters is 1. The average Bonchev–Trinajstić information content (AvgIpc) is 2.36. The zero-order valence-electron chi connectivity index (χ0n) is 11.9. The van der Waals surface area contributed by atoms with Crippen molar-refractivity contribution in [2.45, 2.75) is 26.4 Å². The number of carbonyl (C=O) groups is 3. The molecule has 0 radical (unpaired) electrons. The number of carboxylic acids is 1. The summed E-state index contributed by atoms with van der Waals surface area (Å²) in [5, 5.41) is 11.3. The van der Waals surface area contributed by atoms with E-state index in [0.717, 1.165) is 0 Å². The molecule has 1 amide bonds. The number of carbonyl (C=O) groups excluding carboxylic acids is 2. The highest BCUT2D eigenvalue weighted by Gasteiger charge is 2.24. The smallest absolute Gasteiger partial charge is 0.397 e. The van der Waals surface area contributed by atoms with Crippen LogP contribution < -0.4 is 5.32 Å². The van der Waals surface area contributed by atoms with Crippen LogP contribution in [0.2, 0.25) is 0 Å². The molecule has 0 bridgehead atoms. The van der Waals surface area contributed by atoms with Gasteiger partial charge in [0, 0.05) is 5.56 Å². The summed E-state index contributed by atoms with van der Waals surface area (Å²) < 4.78 is 4.89. The van der Waals surface area contributed by atoms with Gasteiger partial charge in [-0.15, -0.1) is 6.42 Å². The van der Waals surface area contributed by atoms with E-state index >= 15 is 0 Å². The molecule has 1 aromatic rings. The second kappa shape index (κ2) is 6.09. The lowest BCUT2D eigenvalue weighted by Gasteiger charge is -2.19. The third kappa shape index (κ3) is 4.66. The lowest BCUT2D eigenvalue weighted by Crippen LogP contribution is -2.32. The first-order chi connectivity index (χ1) is 9.64. The minimum absolute atomic E-state index is 0.0302. The monoisotopic (exact) mass is 289 g/mol. The number of ether oxygens (including phenoxy) is 1. The Balaban J connectivity index is 2.98. The number of hydrogen-bond acceptors (Lipinski definition) is 4. The lowest BCUT2D eigenvalue weighted by molar-refractivity contribution is -0.161. The maximum absolute atomic E-state index is 11.7. The van der Waals surface area contributed by atoms with Crippen LogP contribution in [0.1, 0.15) is 36.7 Å². The molecule has 0 spiro atoms. The highest BCUT2D eigenvalue weighted by atomic mass is 16.6. The molecule has 21 heavy (non-hydrogen) atoms. The number of anilines is 1. The Labute approximate surface area is 122 Å². The summed E-state index contributed by atoms with van der Waals surface area (Å²) in [6.07, 6.45) is 5.18. The van der Waals surface area contributed by atoms with Crippen LogP contribution in [0.15, 0.2) is 18.2 Å². The van der Waals surface area contributed by atoms with Crippen LogP contribution >= 0.6 is 0 Å².